The molecule has 0 amide bonds. The molecular formula is C11H12FNO5. The van der Waals surface area contributed by atoms with Crippen LogP contribution >= 0.6 is 0 Å². The summed E-state index contributed by atoms with van der Waals surface area (Å²) in [5.41, 5.74) is -0.616. The Bertz CT molecular complexity index is 485. The molecule has 1 aromatic rings. The number of benzene rings is 1. The summed E-state index contributed by atoms with van der Waals surface area (Å²) >= 11 is 0. The third-order valence-electron chi connectivity index (χ3n) is 2.79. The number of rotatable bonds is 3. The van der Waals surface area contributed by atoms with Gasteiger partial charge in [0.25, 0.3) is 5.69 Å². The molecule has 0 radical (unpaired) electrons. The average Bonchev–Trinajstić information content (AvgIpc) is 2.72. The fourth-order valence-corrected chi connectivity index (χ4v) is 1.92. The summed E-state index contributed by atoms with van der Waals surface area (Å²) in [5, 5.41) is 20.1. The molecule has 1 aliphatic rings. The Labute approximate surface area is 102 Å². The summed E-state index contributed by atoms with van der Waals surface area (Å²) in [4.78, 5) is 10.1. The maximum atomic E-state index is 13.8. The van der Waals surface area contributed by atoms with Gasteiger partial charge in [0.1, 0.15) is 0 Å². The molecule has 18 heavy (non-hydrogen) atoms. The molecule has 1 heterocycles. The van der Waals surface area contributed by atoms with Gasteiger partial charge in [-0.25, -0.2) is 4.39 Å². The van der Waals surface area contributed by atoms with E-state index in [1.54, 1.807) is 6.92 Å². The van der Waals surface area contributed by atoms with Crippen molar-refractivity contribution in [3.63, 3.8) is 0 Å². The molecule has 1 N–H and O–H groups in total. The zero-order valence-corrected chi connectivity index (χ0v) is 9.68. The van der Waals surface area contributed by atoms with Crippen LogP contribution in [0.15, 0.2) is 12.1 Å². The van der Waals surface area contributed by atoms with E-state index in [0.29, 0.717) is 13.2 Å². The van der Waals surface area contributed by atoms with Crippen LogP contribution in [-0.4, -0.2) is 29.0 Å². The lowest BCUT2D eigenvalue weighted by atomic mass is 10.0. The van der Waals surface area contributed by atoms with Crippen molar-refractivity contribution in [3.8, 4) is 5.75 Å². The number of ether oxygens (including phenoxy) is 2. The average molecular weight is 257 g/mol. The molecule has 0 unspecified atom stereocenters. The van der Waals surface area contributed by atoms with Gasteiger partial charge >= 0.3 is 0 Å². The number of hydrogen-bond donors (Lipinski definition) is 1. The summed E-state index contributed by atoms with van der Waals surface area (Å²) in [6.45, 7) is 2.28. The Balaban J connectivity index is 2.41. The van der Waals surface area contributed by atoms with E-state index >= 15 is 0 Å². The minimum absolute atomic E-state index is 0.135. The Hall–Kier alpha value is -1.73. The van der Waals surface area contributed by atoms with E-state index in [9.17, 15) is 19.6 Å². The van der Waals surface area contributed by atoms with Gasteiger partial charge in [0.15, 0.2) is 17.4 Å². The molecule has 0 aliphatic carbocycles. The van der Waals surface area contributed by atoms with Gasteiger partial charge in [0, 0.05) is 12.5 Å². The molecule has 0 bridgehead atoms. The maximum Gasteiger partial charge on any atom is 0.276 e. The standard InChI is InChI=1S/C11H12FNO5/c1-11(17-4-5-18-11)6-7-8(13(15)16)2-3-9(14)10(7)12/h2-3,14H,4-6H2,1H3. The van der Waals surface area contributed by atoms with Gasteiger partial charge in [-0.15, -0.1) is 0 Å². The van der Waals surface area contributed by atoms with E-state index in [-0.39, 0.29) is 12.0 Å². The van der Waals surface area contributed by atoms with Crippen LogP contribution in [0.25, 0.3) is 0 Å². The highest BCUT2D eigenvalue weighted by Gasteiger charge is 2.35. The van der Waals surface area contributed by atoms with E-state index in [2.05, 4.69) is 0 Å². The number of phenolic OH excluding ortho intramolecular Hbond substituents is 1. The van der Waals surface area contributed by atoms with E-state index < -0.39 is 28.0 Å². The number of nitro groups is 1. The maximum absolute atomic E-state index is 13.8. The number of phenols is 1. The summed E-state index contributed by atoms with van der Waals surface area (Å²) in [5.74, 6) is -2.74. The van der Waals surface area contributed by atoms with Crippen molar-refractivity contribution in [3.05, 3.63) is 33.6 Å². The second-order valence-corrected chi connectivity index (χ2v) is 4.16. The third-order valence-corrected chi connectivity index (χ3v) is 2.79. The fraction of sp³-hybridized carbons (Fsp3) is 0.455. The second kappa shape index (κ2) is 4.51. The van der Waals surface area contributed by atoms with Crippen molar-refractivity contribution in [1.29, 1.82) is 0 Å². The van der Waals surface area contributed by atoms with Crippen molar-refractivity contribution < 1.29 is 23.9 Å². The van der Waals surface area contributed by atoms with Crippen LogP contribution in [0.2, 0.25) is 0 Å². The van der Waals surface area contributed by atoms with Crippen molar-refractivity contribution in [2.75, 3.05) is 13.2 Å². The second-order valence-electron chi connectivity index (χ2n) is 4.16. The number of halogens is 1. The first-order valence-corrected chi connectivity index (χ1v) is 5.35. The summed E-state index contributed by atoms with van der Waals surface area (Å²) < 4.78 is 24.3. The van der Waals surface area contributed by atoms with Gasteiger partial charge in [-0.3, -0.25) is 10.1 Å². The summed E-state index contributed by atoms with van der Waals surface area (Å²) in [7, 11) is 0. The van der Waals surface area contributed by atoms with Gasteiger partial charge in [0.2, 0.25) is 0 Å². The predicted octanol–water partition coefficient (Wildman–Crippen LogP) is 1.74. The first-order chi connectivity index (χ1) is 8.43. The molecule has 98 valence electrons. The number of aromatic hydroxyl groups is 1. The molecule has 0 atom stereocenters. The van der Waals surface area contributed by atoms with Gasteiger partial charge in [-0.05, 0) is 13.0 Å². The van der Waals surface area contributed by atoms with Crippen molar-refractivity contribution in [2.24, 2.45) is 0 Å². The van der Waals surface area contributed by atoms with Crippen LogP contribution < -0.4 is 0 Å². The Morgan fingerprint density at radius 3 is 2.67 bits per heavy atom. The van der Waals surface area contributed by atoms with Crippen molar-refractivity contribution in [2.45, 2.75) is 19.1 Å². The lowest BCUT2D eigenvalue weighted by Gasteiger charge is -2.22. The van der Waals surface area contributed by atoms with E-state index in [4.69, 9.17) is 9.47 Å². The van der Waals surface area contributed by atoms with Crippen LogP contribution in [0.1, 0.15) is 12.5 Å². The quantitative estimate of drug-likeness (QED) is 0.658. The molecule has 1 saturated heterocycles. The lowest BCUT2D eigenvalue weighted by Crippen LogP contribution is -2.29. The molecular weight excluding hydrogens is 245 g/mol. The normalized spacial score (nSPS) is 17.9. The molecule has 0 saturated carbocycles. The zero-order chi connectivity index (χ0) is 13.3. The highest BCUT2D eigenvalue weighted by molar-refractivity contribution is 5.46. The Kier molecular flexibility index (Phi) is 3.18. The zero-order valence-electron chi connectivity index (χ0n) is 9.68. The number of nitro benzene ring substituents is 1. The van der Waals surface area contributed by atoms with Gasteiger partial charge in [0.05, 0.1) is 23.7 Å². The van der Waals surface area contributed by atoms with E-state index in [1.165, 1.54) is 0 Å². The number of hydrogen-bond acceptors (Lipinski definition) is 5. The van der Waals surface area contributed by atoms with Gasteiger partial charge in [-0.1, -0.05) is 0 Å². The van der Waals surface area contributed by atoms with Crippen LogP contribution in [-0.2, 0) is 15.9 Å². The van der Waals surface area contributed by atoms with Gasteiger partial charge in [-0.2, -0.15) is 0 Å². The molecule has 1 aromatic carbocycles. The topological polar surface area (TPSA) is 81.8 Å². The fourth-order valence-electron chi connectivity index (χ4n) is 1.92. The van der Waals surface area contributed by atoms with Gasteiger partial charge < -0.3 is 14.6 Å². The van der Waals surface area contributed by atoms with Crippen LogP contribution in [0, 0.1) is 15.9 Å². The third kappa shape index (κ3) is 2.27. The minimum Gasteiger partial charge on any atom is -0.505 e. The molecule has 7 heteroatoms. The SMILES string of the molecule is CC1(Cc2c([N+](=O)[O-])ccc(O)c2F)OCCO1. The monoisotopic (exact) mass is 257 g/mol. The van der Waals surface area contributed by atoms with Crippen LogP contribution in [0.3, 0.4) is 0 Å². The predicted molar refractivity (Wildman–Crippen MR) is 58.7 cm³/mol. The molecule has 1 fully saturated rings. The van der Waals surface area contributed by atoms with Crippen molar-refractivity contribution in [1.82, 2.24) is 0 Å². The van der Waals surface area contributed by atoms with Crippen LogP contribution in [0.4, 0.5) is 10.1 Å². The molecule has 2 rings (SSSR count). The highest BCUT2D eigenvalue weighted by Crippen LogP contribution is 2.33. The molecule has 0 aromatic heterocycles. The number of nitrogens with zero attached hydrogens (tertiary/aromatic N) is 1. The summed E-state index contributed by atoms with van der Waals surface area (Å²) in [6, 6.07) is 2.02. The lowest BCUT2D eigenvalue weighted by molar-refractivity contribution is -0.386. The largest absolute Gasteiger partial charge is 0.505 e. The Morgan fingerprint density at radius 2 is 2.11 bits per heavy atom. The van der Waals surface area contributed by atoms with Crippen molar-refractivity contribution >= 4 is 5.69 Å². The molecule has 6 nitrogen and oxygen atoms in total. The highest BCUT2D eigenvalue weighted by atomic mass is 19.1. The molecule has 1 aliphatic heterocycles. The van der Waals surface area contributed by atoms with E-state index in [0.717, 1.165) is 12.1 Å². The van der Waals surface area contributed by atoms with E-state index in [1.807, 2.05) is 0 Å². The molecule has 0 spiro atoms. The summed E-state index contributed by atoms with van der Waals surface area (Å²) in [6.07, 6.45) is -0.135. The van der Waals surface area contributed by atoms with Crippen LogP contribution in [0.5, 0.6) is 5.75 Å². The first kappa shape index (κ1) is 12.7. The minimum atomic E-state index is -1.10. The first-order valence-electron chi connectivity index (χ1n) is 5.35. The smallest absolute Gasteiger partial charge is 0.276 e. The Morgan fingerprint density at radius 1 is 1.50 bits per heavy atom.